The summed E-state index contributed by atoms with van der Waals surface area (Å²) < 4.78 is 65.4. The summed E-state index contributed by atoms with van der Waals surface area (Å²) in [6.45, 7) is 3.04. The fourth-order valence-corrected chi connectivity index (χ4v) is 3.53. The molecule has 9 heteroatoms. The highest BCUT2D eigenvalue weighted by Gasteiger charge is 2.39. The van der Waals surface area contributed by atoms with E-state index in [-0.39, 0.29) is 11.4 Å². The topological polar surface area (TPSA) is 72.2 Å². The molecule has 1 unspecified atom stereocenters. The van der Waals surface area contributed by atoms with E-state index in [2.05, 4.69) is 4.72 Å². The fourth-order valence-electron chi connectivity index (χ4n) is 1.58. The van der Waals surface area contributed by atoms with E-state index >= 15 is 0 Å². The molecule has 0 bridgehead atoms. The summed E-state index contributed by atoms with van der Waals surface area (Å²) in [5.41, 5.74) is 2.94. The van der Waals surface area contributed by atoms with Gasteiger partial charge in [0.25, 0.3) is 0 Å². The summed E-state index contributed by atoms with van der Waals surface area (Å²) in [7, 11) is -4.43. The van der Waals surface area contributed by atoms with Crippen molar-refractivity contribution in [3.05, 3.63) is 29.8 Å². The highest BCUT2D eigenvalue weighted by Crippen LogP contribution is 2.34. The third-order valence-electron chi connectivity index (χ3n) is 3.09. The quantitative estimate of drug-likeness (QED) is 0.808. The average molecular weight is 340 g/mol. The third-order valence-corrected chi connectivity index (χ3v) is 5.20. The van der Waals surface area contributed by atoms with Gasteiger partial charge in [0.15, 0.2) is 0 Å². The number of nitrogens with two attached hydrogens (primary N) is 1. The molecule has 1 atom stereocenters. The molecule has 0 aliphatic carbocycles. The monoisotopic (exact) mass is 340 g/mol. The number of sulfonamides is 1. The molecule has 4 nitrogen and oxygen atoms in total. The molecule has 0 aliphatic heterocycles. The van der Waals surface area contributed by atoms with Crippen molar-refractivity contribution in [3.8, 4) is 0 Å². The molecule has 1 rings (SSSR count). The van der Waals surface area contributed by atoms with E-state index in [9.17, 15) is 21.6 Å². The van der Waals surface area contributed by atoms with Crippen LogP contribution in [-0.4, -0.2) is 18.9 Å². The van der Waals surface area contributed by atoms with E-state index in [0.29, 0.717) is 6.07 Å². The molecule has 21 heavy (non-hydrogen) atoms. The van der Waals surface area contributed by atoms with Gasteiger partial charge in [0.2, 0.25) is 10.0 Å². The lowest BCUT2D eigenvalue weighted by molar-refractivity contribution is -0.139. The molecular weight excluding hydrogens is 325 g/mol. The summed E-state index contributed by atoms with van der Waals surface area (Å²) in [5.74, 6) is 0. The summed E-state index contributed by atoms with van der Waals surface area (Å²) in [5, 5.41) is 0. The number of hydrogen-bond donors (Lipinski definition) is 2. The zero-order chi connectivity index (χ0) is 16.5. The van der Waals surface area contributed by atoms with Gasteiger partial charge in [-0.05, 0) is 25.5 Å². The molecule has 118 valence electrons. The maximum Gasteiger partial charge on any atom is 0.417 e. The maximum atomic E-state index is 12.9. The minimum atomic E-state index is -4.78. The Morgan fingerprint density at radius 2 is 1.86 bits per heavy atom. The lowest BCUT2D eigenvalue weighted by Gasteiger charge is -2.28. The van der Waals surface area contributed by atoms with Crippen molar-refractivity contribution in [2.45, 2.75) is 36.9 Å². The first-order valence-electron chi connectivity index (χ1n) is 5.94. The summed E-state index contributed by atoms with van der Waals surface area (Å²) in [4.78, 5) is -0.994. The Morgan fingerprint density at radius 1 is 1.33 bits per heavy atom. The van der Waals surface area contributed by atoms with Gasteiger partial charge in [-0.3, -0.25) is 0 Å². The molecule has 3 N–H and O–H groups in total. The molecule has 0 amide bonds. The zero-order valence-corrected chi connectivity index (χ0v) is 13.0. The second-order valence-electron chi connectivity index (χ2n) is 4.65. The Labute approximate surface area is 126 Å². The van der Waals surface area contributed by atoms with Crippen molar-refractivity contribution in [1.29, 1.82) is 0 Å². The smallest absolute Gasteiger partial charge is 0.392 e. The van der Waals surface area contributed by atoms with E-state index in [1.165, 1.54) is 13.0 Å². The number of hydrogen-bond acceptors (Lipinski definition) is 3. The van der Waals surface area contributed by atoms with Crippen molar-refractivity contribution in [2.75, 3.05) is 0 Å². The van der Waals surface area contributed by atoms with Gasteiger partial charge in [0, 0.05) is 0 Å². The van der Waals surface area contributed by atoms with Crippen LogP contribution in [0.2, 0.25) is 0 Å². The number of benzene rings is 1. The standard InChI is InChI=1S/C12H15F3N2O2S2/c1-3-11(2,10(16)20)17-21(18,19)9-7-5-4-6-8(9)12(13,14)15/h4-7,17H,3H2,1-2H3,(H2,16,20). The van der Waals surface area contributed by atoms with Crippen molar-refractivity contribution < 1.29 is 21.6 Å². The number of rotatable bonds is 5. The predicted molar refractivity (Wildman–Crippen MR) is 77.2 cm³/mol. The molecule has 0 aromatic heterocycles. The molecule has 0 fully saturated rings. The van der Waals surface area contributed by atoms with Crippen LogP contribution in [-0.2, 0) is 16.2 Å². The van der Waals surface area contributed by atoms with Crippen LogP contribution in [0.3, 0.4) is 0 Å². The SMILES string of the molecule is CCC(C)(NS(=O)(=O)c1ccccc1C(F)(F)F)C(N)=S. The van der Waals surface area contributed by atoms with Crippen LogP contribution in [0.4, 0.5) is 13.2 Å². The molecule has 0 saturated carbocycles. The van der Waals surface area contributed by atoms with E-state index in [1.54, 1.807) is 6.92 Å². The Balaban J connectivity index is 3.37. The minimum Gasteiger partial charge on any atom is -0.392 e. The zero-order valence-electron chi connectivity index (χ0n) is 11.4. The average Bonchev–Trinajstić information content (AvgIpc) is 2.37. The molecular formula is C12H15F3N2O2S2. The van der Waals surface area contributed by atoms with Gasteiger partial charge < -0.3 is 5.73 Å². The van der Waals surface area contributed by atoms with Crippen molar-refractivity contribution >= 4 is 27.2 Å². The van der Waals surface area contributed by atoms with Crippen LogP contribution in [0, 0.1) is 0 Å². The Kier molecular flexibility index (Phi) is 5.01. The second-order valence-corrected chi connectivity index (χ2v) is 6.74. The van der Waals surface area contributed by atoms with Crippen LogP contribution in [0.25, 0.3) is 0 Å². The van der Waals surface area contributed by atoms with Crippen LogP contribution in [0.5, 0.6) is 0 Å². The summed E-state index contributed by atoms with van der Waals surface area (Å²) in [6.07, 6.45) is -4.58. The van der Waals surface area contributed by atoms with Crippen LogP contribution in [0.15, 0.2) is 29.2 Å². The van der Waals surface area contributed by atoms with Gasteiger partial charge in [-0.2, -0.15) is 17.9 Å². The highest BCUT2D eigenvalue weighted by atomic mass is 32.2. The Bertz CT molecular complexity index is 644. The minimum absolute atomic E-state index is 0.141. The Morgan fingerprint density at radius 3 is 2.29 bits per heavy atom. The molecule has 1 aromatic rings. The lowest BCUT2D eigenvalue weighted by atomic mass is 10.0. The highest BCUT2D eigenvalue weighted by molar-refractivity contribution is 7.89. The number of halogens is 3. The third kappa shape index (κ3) is 3.92. The first-order chi connectivity index (χ1) is 9.44. The molecule has 0 heterocycles. The molecule has 0 radical (unpaired) electrons. The van der Waals surface area contributed by atoms with Gasteiger partial charge in [-0.15, -0.1) is 0 Å². The van der Waals surface area contributed by atoms with Gasteiger partial charge >= 0.3 is 6.18 Å². The van der Waals surface area contributed by atoms with Gasteiger partial charge in [0.1, 0.15) is 0 Å². The van der Waals surface area contributed by atoms with Gasteiger partial charge in [-0.25, -0.2) is 8.42 Å². The number of alkyl halides is 3. The first kappa shape index (κ1) is 17.9. The van der Waals surface area contributed by atoms with E-state index in [4.69, 9.17) is 18.0 Å². The van der Waals surface area contributed by atoms with Crippen LogP contribution in [0.1, 0.15) is 25.8 Å². The largest absolute Gasteiger partial charge is 0.417 e. The molecule has 0 spiro atoms. The predicted octanol–water partition coefficient (Wildman–Crippen LogP) is 2.44. The van der Waals surface area contributed by atoms with E-state index in [0.717, 1.165) is 12.1 Å². The fraction of sp³-hybridized carbons (Fsp3) is 0.417. The van der Waals surface area contributed by atoms with Crippen molar-refractivity contribution in [3.63, 3.8) is 0 Å². The Hall–Kier alpha value is -1.19. The van der Waals surface area contributed by atoms with Gasteiger partial charge in [-0.1, -0.05) is 31.3 Å². The van der Waals surface area contributed by atoms with Gasteiger partial charge in [0.05, 0.1) is 21.0 Å². The summed E-state index contributed by atoms with van der Waals surface area (Å²) in [6, 6.07) is 3.93. The van der Waals surface area contributed by atoms with Crippen LogP contribution >= 0.6 is 12.2 Å². The molecule has 0 saturated heterocycles. The normalized spacial score (nSPS) is 15.5. The first-order valence-corrected chi connectivity index (χ1v) is 7.83. The van der Waals surface area contributed by atoms with E-state index in [1.807, 2.05) is 0 Å². The lowest BCUT2D eigenvalue weighted by Crippen LogP contribution is -2.54. The number of thiocarbonyl (C=S) groups is 1. The van der Waals surface area contributed by atoms with Crippen LogP contribution < -0.4 is 10.5 Å². The van der Waals surface area contributed by atoms with E-state index < -0.39 is 32.2 Å². The van der Waals surface area contributed by atoms with Crippen molar-refractivity contribution in [1.82, 2.24) is 4.72 Å². The second kappa shape index (κ2) is 5.90. The number of nitrogens with one attached hydrogen (secondary N) is 1. The molecule has 0 aliphatic rings. The van der Waals surface area contributed by atoms with Crippen molar-refractivity contribution in [2.24, 2.45) is 5.73 Å². The molecule has 1 aromatic carbocycles. The maximum absolute atomic E-state index is 12.9. The summed E-state index contributed by atoms with van der Waals surface area (Å²) >= 11 is 4.78.